The van der Waals surface area contributed by atoms with Gasteiger partial charge in [0.15, 0.2) is 0 Å². The Morgan fingerprint density at radius 3 is 2.46 bits per heavy atom. The first kappa shape index (κ1) is 22.7. The number of amides is 2. The monoisotopic (exact) mass is 436 g/mol. The molecule has 0 fully saturated rings. The first-order valence-corrected chi connectivity index (χ1v) is 11.9. The average molecular weight is 437 g/mol. The Balaban J connectivity index is 1.81. The molecule has 150 valence electrons. The van der Waals surface area contributed by atoms with Crippen LogP contribution >= 0.6 is 35.1 Å². The largest absolute Gasteiger partial charge is 0.354 e. The number of rotatable bonds is 11. The highest BCUT2D eigenvalue weighted by Crippen LogP contribution is 2.17. The maximum absolute atomic E-state index is 12.6. The zero-order valence-electron chi connectivity index (χ0n) is 15.8. The molecule has 0 saturated carbocycles. The van der Waals surface area contributed by atoms with E-state index in [0.717, 1.165) is 17.9 Å². The zero-order valence-corrected chi connectivity index (χ0v) is 18.2. The number of thioether (sulfide) groups is 2. The second-order valence-corrected chi connectivity index (χ2v) is 8.65. The summed E-state index contributed by atoms with van der Waals surface area (Å²) in [6, 6.07) is 16.4. The van der Waals surface area contributed by atoms with Crippen LogP contribution in [0.15, 0.2) is 59.5 Å². The minimum absolute atomic E-state index is 0.154. The van der Waals surface area contributed by atoms with Crippen molar-refractivity contribution in [2.24, 2.45) is 0 Å². The maximum Gasteiger partial charge on any atom is 0.253 e. The van der Waals surface area contributed by atoms with E-state index in [1.165, 1.54) is 4.90 Å². The van der Waals surface area contributed by atoms with Crippen molar-refractivity contribution in [3.63, 3.8) is 0 Å². The number of nitrogens with one attached hydrogen (secondary N) is 2. The quantitative estimate of drug-likeness (QED) is 0.402. The fourth-order valence-electron chi connectivity index (χ4n) is 2.50. The van der Waals surface area contributed by atoms with Crippen LogP contribution in [0.5, 0.6) is 0 Å². The maximum atomic E-state index is 12.6. The molecular formula is C21H25ClN2O2S2. The Kier molecular flexibility index (Phi) is 10.3. The molecule has 1 unspecified atom stereocenters. The third-order valence-electron chi connectivity index (χ3n) is 3.98. The summed E-state index contributed by atoms with van der Waals surface area (Å²) in [5, 5.41) is 6.14. The molecule has 0 radical (unpaired) electrons. The van der Waals surface area contributed by atoms with Crippen molar-refractivity contribution in [3.8, 4) is 0 Å². The van der Waals surface area contributed by atoms with Crippen LogP contribution in [0.25, 0.3) is 0 Å². The van der Waals surface area contributed by atoms with Crippen LogP contribution in [-0.2, 0) is 4.79 Å². The third kappa shape index (κ3) is 7.78. The molecule has 0 aliphatic rings. The fourth-order valence-corrected chi connectivity index (χ4v) is 4.07. The van der Waals surface area contributed by atoms with E-state index in [1.807, 2.05) is 24.5 Å². The van der Waals surface area contributed by atoms with E-state index in [-0.39, 0.29) is 11.8 Å². The van der Waals surface area contributed by atoms with Crippen LogP contribution < -0.4 is 10.6 Å². The Labute approximate surface area is 180 Å². The molecule has 2 aromatic rings. The van der Waals surface area contributed by atoms with Gasteiger partial charge in [-0.25, -0.2) is 0 Å². The molecule has 0 aromatic heterocycles. The van der Waals surface area contributed by atoms with Gasteiger partial charge in [0.05, 0.1) is 10.6 Å². The van der Waals surface area contributed by atoms with Gasteiger partial charge in [-0.05, 0) is 54.9 Å². The van der Waals surface area contributed by atoms with Crippen molar-refractivity contribution < 1.29 is 9.59 Å². The van der Waals surface area contributed by atoms with Crippen molar-refractivity contribution in [1.29, 1.82) is 0 Å². The first-order valence-electron chi connectivity index (χ1n) is 9.11. The molecule has 0 bridgehead atoms. The average Bonchev–Trinajstić information content (AvgIpc) is 2.71. The van der Waals surface area contributed by atoms with Crippen molar-refractivity contribution in [2.75, 3.05) is 24.3 Å². The van der Waals surface area contributed by atoms with E-state index < -0.39 is 6.04 Å². The molecule has 0 saturated heterocycles. The lowest BCUT2D eigenvalue weighted by Crippen LogP contribution is -2.47. The predicted octanol–water partition coefficient (Wildman–Crippen LogP) is 4.49. The molecule has 2 rings (SSSR count). The molecule has 2 N–H and O–H groups in total. The number of hydrogen-bond donors (Lipinski definition) is 2. The van der Waals surface area contributed by atoms with Gasteiger partial charge in [0.2, 0.25) is 5.91 Å². The van der Waals surface area contributed by atoms with Crippen molar-refractivity contribution >= 4 is 46.9 Å². The SMILES string of the molecule is CSCCC(NC(=O)c1ccccc1Cl)C(=O)NCCCSc1ccccc1. The lowest BCUT2D eigenvalue weighted by molar-refractivity contribution is -0.123. The molecule has 0 aliphatic heterocycles. The highest BCUT2D eigenvalue weighted by atomic mass is 35.5. The smallest absolute Gasteiger partial charge is 0.253 e. The van der Waals surface area contributed by atoms with Gasteiger partial charge < -0.3 is 10.6 Å². The zero-order chi connectivity index (χ0) is 20.2. The molecule has 1 atom stereocenters. The summed E-state index contributed by atoms with van der Waals surface area (Å²) in [6.45, 7) is 0.580. The summed E-state index contributed by atoms with van der Waals surface area (Å²) in [5.74, 6) is 1.22. The standard InChI is InChI=1S/C21H25ClN2O2S2/c1-27-15-12-19(24-20(25)17-10-5-6-11-18(17)22)21(26)23-13-7-14-28-16-8-3-2-4-9-16/h2-6,8-11,19H,7,12-15H2,1H3,(H,23,26)(H,24,25). The van der Waals surface area contributed by atoms with Crippen molar-refractivity contribution in [3.05, 3.63) is 65.2 Å². The summed E-state index contributed by atoms with van der Waals surface area (Å²) in [4.78, 5) is 26.3. The van der Waals surface area contributed by atoms with Gasteiger partial charge in [-0.2, -0.15) is 11.8 Å². The lowest BCUT2D eigenvalue weighted by atomic mass is 10.1. The molecule has 0 heterocycles. The predicted molar refractivity (Wildman–Crippen MR) is 120 cm³/mol. The molecule has 0 aliphatic carbocycles. The molecule has 4 nitrogen and oxygen atoms in total. The Bertz CT molecular complexity index is 759. The second-order valence-electron chi connectivity index (χ2n) is 6.09. The molecule has 28 heavy (non-hydrogen) atoms. The number of benzene rings is 2. The minimum Gasteiger partial charge on any atom is -0.354 e. The van der Waals surface area contributed by atoms with E-state index in [0.29, 0.717) is 23.6 Å². The molecule has 2 aromatic carbocycles. The van der Waals surface area contributed by atoms with Crippen LogP contribution in [0.4, 0.5) is 0 Å². The first-order chi connectivity index (χ1) is 13.6. The van der Waals surface area contributed by atoms with E-state index >= 15 is 0 Å². The summed E-state index contributed by atoms with van der Waals surface area (Å²) < 4.78 is 0. The van der Waals surface area contributed by atoms with Gasteiger partial charge in [-0.1, -0.05) is 41.9 Å². The number of carbonyl (C=O) groups excluding carboxylic acids is 2. The Hall–Kier alpha value is -1.63. The third-order valence-corrected chi connectivity index (χ3v) is 6.06. The van der Waals surface area contributed by atoms with E-state index in [4.69, 9.17) is 11.6 Å². The van der Waals surface area contributed by atoms with E-state index in [1.54, 1.807) is 47.8 Å². The van der Waals surface area contributed by atoms with Gasteiger partial charge >= 0.3 is 0 Å². The Morgan fingerprint density at radius 1 is 1.04 bits per heavy atom. The van der Waals surface area contributed by atoms with Crippen LogP contribution in [-0.4, -0.2) is 42.2 Å². The lowest BCUT2D eigenvalue weighted by Gasteiger charge is -2.18. The molecule has 7 heteroatoms. The van der Waals surface area contributed by atoms with Gasteiger partial charge in [0.25, 0.3) is 5.91 Å². The van der Waals surface area contributed by atoms with Crippen molar-refractivity contribution in [2.45, 2.75) is 23.8 Å². The number of halogens is 1. The molecule has 0 spiro atoms. The van der Waals surface area contributed by atoms with Crippen LogP contribution in [0.2, 0.25) is 5.02 Å². The number of hydrogen-bond acceptors (Lipinski definition) is 4. The fraction of sp³-hybridized carbons (Fsp3) is 0.333. The van der Waals surface area contributed by atoms with Crippen LogP contribution in [0.3, 0.4) is 0 Å². The van der Waals surface area contributed by atoms with Gasteiger partial charge in [-0.15, -0.1) is 11.8 Å². The number of carbonyl (C=O) groups is 2. The van der Waals surface area contributed by atoms with Gasteiger partial charge in [0.1, 0.15) is 6.04 Å². The normalized spacial score (nSPS) is 11.6. The topological polar surface area (TPSA) is 58.2 Å². The molecule has 2 amide bonds. The van der Waals surface area contributed by atoms with Crippen LogP contribution in [0, 0.1) is 0 Å². The van der Waals surface area contributed by atoms with Crippen molar-refractivity contribution in [1.82, 2.24) is 10.6 Å². The van der Waals surface area contributed by atoms with E-state index in [9.17, 15) is 9.59 Å². The highest BCUT2D eigenvalue weighted by molar-refractivity contribution is 7.99. The summed E-state index contributed by atoms with van der Waals surface area (Å²) in [5.41, 5.74) is 0.380. The second kappa shape index (κ2) is 12.8. The van der Waals surface area contributed by atoms with E-state index in [2.05, 4.69) is 22.8 Å². The summed E-state index contributed by atoms with van der Waals surface area (Å²) >= 11 is 9.49. The highest BCUT2D eigenvalue weighted by Gasteiger charge is 2.21. The minimum atomic E-state index is -0.571. The summed E-state index contributed by atoms with van der Waals surface area (Å²) in [6.07, 6.45) is 3.41. The van der Waals surface area contributed by atoms with Gasteiger partial charge in [0, 0.05) is 11.4 Å². The van der Waals surface area contributed by atoms with Gasteiger partial charge in [-0.3, -0.25) is 9.59 Å². The Morgan fingerprint density at radius 2 is 1.75 bits per heavy atom. The van der Waals surface area contributed by atoms with Crippen LogP contribution in [0.1, 0.15) is 23.2 Å². The summed E-state index contributed by atoms with van der Waals surface area (Å²) in [7, 11) is 0. The molecular weight excluding hydrogens is 412 g/mol.